The zero-order valence-electron chi connectivity index (χ0n) is 11.6. The van der Waals surface area contributed by atoms with E-state index in [0.717, 1.165) is 11.5 Å². The number of aliphatic hydroxyl groups is 2. The van der Waals surface area contributed by atoms with Gasteiger partial charge < -0.3 is 10.2 Å². The summed E-state index contributed by atoms with van der Waals surface area (Å²) < 4.78 is 0. The standard InChI is InChI=1S/C16H18O2S3/c17-9-11-19-13-1-5-15(6-2-13)21-16-7-3-14(4-8-16)20-12-10-18/h1-8,17-18H,9-12H2. The molecule has 0 unspecified atom stereocenters. The maximum Gasteiger partial charge on any atom is 0.0525 e. The highest BCUT2D eigenvalue weighted by Gasteiger charge is 2.00. The van der Waals surface area contributed by atoms with E-state index in [1.807, 2.05) is 0 Å². The lowest BCUT2D eigenvalue weighted by Gasteiger charge is -2.05. The van der Waals surface area contributed by atoms with Gasteiger partial charge in [0.05, 0.1) is 13.2 Å². The van der Waals surface area contributed by atoms with Gasteiger partial charge in [0.2, 0.25) is 0 Å². The third-order valence-corrected chi connectivity index (χ3v) is 5.60. The van der Waals surface area contributed by atoms with Gasteiger partial charge in [0.25, 0.3) is 0 Å². The molecule has 5 heteroatoms. The lowest BCUT2D eigenvalue weighted by Crippen LogP contribution is -1.85. The molecule has 0 amide bonds. The van der Waals surface area contributed by atoms with E-state index in [-0.39, 0.29) is 13.2 Å². The Morgan fingerprint density at radius 1 is 0.571 bits per heavy atom. The Balaban J connectivity index is 1.91. The van der Waals surface area contributed by atoms with Crippen molar-refractivity contribution in [2.24, 2.45) is 0 Å². The lowest BCUT2D eigenvalue weighted by molar-refractivity contribution is 0.322. The van der Waals surface area contributed by atoms with E-state index in [2.05, 4.69) is 48.5 Å². The number of benzene rings is 2. The van der Waals surface area contributed by atoms with Gasteiger partial charge in [-0.2, -0.15) is 0 Å². The van der Waals surface area contributed by atoms with Crippen molar-refractivity contribution >= 4 is 35.3 Å². The first-order valence-corrected chi connectivity index (χ1v) is 9.46. The highest BCUT2D eigenvalue weighted by atomic mass is 32.2. The first kappa shape index (κ1) is 16.8. The van der Waals surface area contributed by atoms with E-state index >= 15 is 0 Å². The zero-order valence-corrected chi connectivity index (χ0v) is 14.0. The van der Waals surface area contributed by atoms with Crippen LogP contribution in [0, 0.1) is 0 Å². The fraction of sp³-hybridized carbons (Fsp3) is 0.250. The third-order valence-electron chi connectivity index (χ3n) is 2.60. The van der Waals surface area contributed by atoms with Crippen LogP contribution >= 0.6 is 35.3 Å². The van der Waals surface area contributed by atoms with E-state index in [0.29, 0.717) is 0 Å². The summed E-state index contributed by atoms with van der Waals surface area (Å²) in [5, 5.41) is 17.6. The van der Waals surface area contributed by atoms with Crippen molar-refractivity contribution in [3.63, 3.8) is 0 Å². The molecule has 0 atom stereocenters. The molecule has 0 heterocycles. The minimum absolute atomic E-state index is 0.210. The Morgan fingerprint density at radius 2 is 0.905 bits per heavy atom. The van der Waals surface area contributed by atoms with Gasteiger partial charge in [-0.05, 0) is 48.5 Å². The minimum atomic E-state index is 0.210. The predicted molar refractivity (Wildman–Crippen MR) is 92.6 cm³/mol. The van der Waals surface area contributed by atoms with Crippen LogP contribution in [0.3, 0.4) is 0 Å². The normalized spacial score (nSPS) is 10.8. The summed E-state index contributed by atoms with van der Waals surface area (Å²) >= 11 is 5.06. The number of rotatable bonds is 8. The molecule has 2 aromatic carbocycles. The van der Waals surface area contributed by atoms with Crippen LogP contribution in [0.2, 0.25) is 0 Å². The van der Waals surface area contributed by atoms with Crippen molar-refractivity contribution < 1.29 is 10.2 Å². The van der Waals surface area contributed by atoms with E-state index in [1.54, 1.807) is 35.3 Å². The highest BCUT2D eigenvalue weighted by molar-refractivity contribution is 8.00. The Kier molecular flexibility index (Phi) is 7.53. The molecule has 2 N–H and O–H groups in total. The lowest BCUT2D eigenvalue weighted by atomic mass is 10.4. The van der Waals surface area contributed by atoms with Crippen LogP contribution in [0.15, 0.2) is 68.1 Å². The number of aliphatic hydroxyl groups excluding tert-OH is 2. The molecule has 0 aliphatic heterocycles. The van der Waals surface area contributed by atoms with Crippen LogP contribution in [0.5, 0.6) is 0 Å². The summed E-state index contributed by atoms with van der Waals surface area (Å²) in [5.41, 5.74) is 0. The van der Waals surface area contributed by atoms with E-state index in [9.17, 15) is 0 Å². The van der Waals surface area contributed by atoms with Crippen LogP contribution < -0.4 is 0 Å². The molecule has 2 nitrogen and oxygen atoms in total. The topological polar surface area (TPSA) is 40.5 Å². The quantitative estimate of drug-likeness (QED) is 0.712. The van der Waals surface area contributed by atoms with E-state index in [1.165, 1.54) is 19.6 Å². The van der Waals surface area contributed by atoms with Crippen molar-refractivity contribution in [2.45, 2.75) is 19.6 Å². The van der Waals surface area contributed by atoms with Gasteiger partial charge in [0, 0.05) is 31.1 Å². The Morgan fingerprint density at radius 3 is 1.24 bits per heavy atom. The predicted octanol–water partition coefficient (Wildman–Crippen LogP) is 4.01. The van der Waals surface area contributed by atoms with Crippen molar-refractivity contribution in [2.75, 3.05) is 24.7 Å². The molecule has 2 aromatic rings. The number of thioether (sulfide) groups is 2. The van der Waals surface area contributed by atoms with E-state index < -0.39 is 0 Å². The molecule has 21 heavy (non-hydrogen) atoms. The molecule has 0 aliphatic carbocycles. The smallest absolute Gasteiger partial charge is 0.0525 e. The second kappa shape index (κ2) is 9.43. The van der Waals surface area contributed by atoms with Crippen molar-refractivity contribution in [1.82, 2.24) is 0 Å². The minimum Gasteiger partial charge on any atom is -0.396 e. The van der Waals surface area contributed by atoms with Crippen LogP contribution in [-0.2, 0) is 0 Å². The molecule has 0 radical (unpaired) electrons. The summed E-state index contributed by atoms with van der Waals surface area (Å²) in [4.78, 5) is 4.78. The van der Waals surface area contributed by atoms with Crippen LogP contribution in [0.1, 0.15) is 0 Å². The summed E-state index contributed by atoms with van der Waals surface area (Å²) in [5.74, 6) is 1.47. The van der Waals surface area contributed by atoms with Crippen LogP contribution in [0.25, 0.3) is 0 Å². The molecular weight excluding hydrogens is 320 g/mol. The van der Waals surface area contributed by atoms with Gasteiger partial charge in [-0.15, -0.1) is 23.5 Å². The molecule has 0 fully saturated rings. The molecule has 0 saturated heterocycles. The second-order valence-corrected chi connectivity index (χ2v) is 7.67. The first-order valence-electron chi connectivity index (χ1n) is 6.67. The summed E-state index contributed by atoms with van der Waals surface area (Å²) in [7, 11) is 0. The average molecular weight is 339 g/mol. The zero-order chi connectivity index (χ0) is 14.9. The van der Waals surface area contributed by atoms with Gasteiger partial charge in [-0.25, -0.2) is 0 Å². The number of hydrogen-bond acceptors (Lipinski definition) is 5. The van der Waals surface area contributed by atoms with Crippen LogP contribution in [0.4, 0.5) is 0 Å². The molecule has 112 valence electrons. The Hall–Kier alpha value is -0.590. The van der Waals surface area contributed by atoms with Crippen molar-refractivity contribution in [3.05, 3.63) is 48.5 Å². The maximum atomic E-state index is 8.81. The SMILES string of the molecule is OCCSc1ccc(Sc2ccc(SCCO)cc2)cc1. The molecule has 0 spiro atoms. The second-order valence-electron chi connectivity index (χ2n) is 4.19. The maximum absolute atomic E-state index is 8.81. The molecule has 0 bridgehead atoms. The van der Waals surface area contributed by atoms with Gasteiger partial charge in [-0.3, -0.25) is 0 Å². The Labute approximate surface area is 138 Å². The van der Waals surface area contributed by atoms with Gasteiger partial charge in [-0.1, -0.05) is 11.8 Å². The summed E-state index contributed by atoms with van der Waals surface area (Å²) in [6, 6.07) is 16.8. The highest BCUT2D eigenvalue weighted by Crippen LogP contribution is 2.30. The first-order chi connectivity index (χ1) is 10.3. The van der Waals surface area contributed by atoms with E-state index in [4.69, 9.17) is 10.2 Å². The van der Waals surface area contributed by atoms with Crippen molar-refractivity contribution in [3.8, 4) is 0 Å². The molecule has 0 saturated carbocycles. The average Bonchev–Trinajstić information content (AvgIpc) is 2.53. The molecule has 0 aliphatic rings. The molecule has 0 aromatic heterocycles. The summed E-state index contributed by atoms with van der Waals surface area (Å²) in [6.45, 7) is 0.420. The molecule has 2 rings (SSSR count). The monoisotopic (exact) mass is 338 g/mol. The number of hydrogen-bond donors (Lipinski definition) is 2. The third kappa shape index (κ3) is 5.96. The fourth-order valence-corrected chi connectivity index (χ4v) is 3.80. The largest absolute Gasteiger partial charge is 0.396 e. The van der Waals surface area contributed by atoms with Crippen molar-refractivity contribution in [1.29, 1.82) is 0 Å². The summed E-state index contributed by atoms with van der Waals surface area (Å²) in [6.07, 6.45) is 0. The van der Waals surface area contributed by atoms with Gasteiger partial charge in [0.15, 0.2) is 0 Å². The van der Waals surface area contributed by atoms with Gasteiger partial charge in [0.1, 0.15) is 0 Å². The van der Waals surface area contributed by atoms with Gasteiger partial charge >= 0.3 is 0 Å². The molecular formula is C16H18O2S3. The fourth-order valence-electron chi connectivity index (χ4n) is 1.67. The Bertz CT molecular complexity index is 477. The van der Waals surface area contributed by atoms with Crippen LogP contribution in [-0.4, -0.2) is 34.9 Å².